The number of carbonyl (C=O) groups excluding carboxylic acids is 1. The summed E-state index contributed by atoms with van der Waals surface area (Å²) < 4.78 is 0. The van der Waals surface area contributed by atoms with Gasteiger partial charge in [-0.2, -0.15) is 0 Å². The van der Waals surface area contributed by atoms with Gasteiger partial charge in [0.05, 0.1) is 5.41 Å². The second kappa shape index (κ2) is 3.96. The lowest BCUT2D eigenvalue weighted by molar-refractivity contribution is -0.151. The van der Waals surface area contributed by atoms with Crippen LogP contribution >= 0.6 is 0 Å². The Morgan fingerprint density at radius 2 is 1.44 bits per heavy atom. The highest BCUT2D eigenvalue weighted by Crippen LogP contribution is 2.60. The molecule has 4 bridgehead atoms. The molecule has 0 aromatic rings. The van der Waals surface area contributed by atoms with E-state index in [0.717, 1.165) is 30.8 Å². The summed E-state index contributed by atoms with van der Waals surface area (Å²) in [5.74, 6) is 2.95. The molecule has 1 amide bonds. The van der Waals surface area contributed by atoms with Crippen LogP contribution < -0.4 is 5.43 Å². The molecule has 18 heavy (non-hydrogen) atoms. The van der Waals surface area contributed by atoms with E-state index >= 15 is 0 Å². The van der Waals surface area contributed by atoms with E-state index in [1.54, 1.807) is 0 Å². The molecule has 100 valence electrons. The Morgan fingerprint density at radius 3 is 1.94 bits per heavy atom. The van der Waals surface area contributed by atoms with Crippen molar-refractivity contribution in [2.45, 2.75) is 51.4 Å². The normalized spacial score (nSPS) is 46.6. The second-order valence-corrected chi connectivity index (χ2v) is 7.33. The first-order chi connectivity index (χ1) is 8.73. The van der Waals surface area contributed by atoms with Gasteiger partial charge in [-0.1, -0.05) is 0 Å². The molecule has 1 heterocycles. The molecule has 3 heteroatoms. The van der Waals surface area contributed by atoms with Crippen LogP contribution in [0.25, 0.3) is 0 Å². The van der Waals surface area contributed by atoms with Crippen molar-refractivity contribution >= 4 is 5.91 Å². The molecule has 0 aromatic heterocycles. The molecule has 1 saturated heterocycles. The predicted octanol–water partition coefficient (Wildman–Crippen LogP) is 2.33. The van der Waals surface area contributed by atoms with Crippen molar-refractivity contribution in [2.75, 3.05) is 13.1 Å². The van der Waals surface area contributed by atoms with Gasteiger partial charge in [0.15, 0.2) is 0 Å². The quantitative estimate of drug-likeness (QED) is 0.813. The maximum Gasteiger partial charge on any atom is 0.240 e. The Balaban J connectivity index is 1.50. The topological polar surface area (TPSA) is 32.3 Å². The summed E-state index contributed by atoms with van der Waals surface area (Å²) in [5, 5.41) is 2.15. The van der Waals surface area contributed by atoms with Crippen molar-refractivity contribution in [1.29, 1.82) is 0 Å². The van der Waals surface area contributed by atoms with Gasteiger partial charge in [-0.3, -0.25) is 10.2 Å². The smallest absolute Gasteiger partial charge is 0.240 e. The average molecular weight is 248 g/mol. The van der Waals surface area contributed by atoms with Crippen LogP contribution in [0.3, 0.4) is 0 Å². The van der Waals surface area contributed by atoms with Gasteiger partial charge in [0.1, 0.15) is 0 Å². The third-order valence-electron chi connectivity index (χ3n) is 5.89. The van der Waals surface area contributed by atoms with Gasteiger partial charge in [-0.05, 0) is 69.1 Å². The number of hydrazine groups is 1. The molecule has 4 aliphatic carbocycles. The molecule has 5 fully saturated rings. The molecule has 3 nitrogen and oxygen atoms in total. The van der Waals surface area contributed by atoms with Gasteiger partial charge in [0.25, 0.3) is 0 Å². The van der Waals surface area contributed by atoms with Gasteiger partial charge in [0.2, 0.25) is 5.91 Å². The van der Waals surface area contributed by atoms with Gasteiger partial charge in [0, 0.05) is 13.1 Å². The SMILES string of the molecule is O=C(NN1CCCC1)C12CC3CC(CC(C3)C1)C2. The second-order valence-electron chi connectivity index (χ2n) is 7.33. The van der Waals surface area contributed by atoms with E-state index in [1.165, 1.54) is 51.4 Å². The van der Waals surface area contributed by atoms with E-state index in [1.807, 2.05) is 0 Å². The van der Waals surface area contributed by atoms with Crippen LogP contribution in [0.2, 0.25) is 0 Å². The molecule has 0 radical (unpaired) electrons. The Labute approximate surface area is 109 Å². The number of hydrogen-bond donors (Lipinski definition) is 1. The molecule has 1 aliphatic heterocycles. The lowest BCUT2D eigenvalue weighted by Gasteiger charge is -2.55. The fraction of sp³-hybridized carbons (Fsp3) is 0.933. The zero-order valence-electron chi connectivity index (χ0n) is 11.2. The van der Waals surface area contributed by atoms with E-state index in [9.17, 15) is 4.79 Å². The van der Waals surface area contributed by atoms with Crippen molar-refractivity contribution in [3.63, 3.8) is 0 Å². The molecule has 5 rings (SSSR count). The van der Waals surface area contributed by atoms with Crippen LogP contribution in [0, 0.1) is 23.2 Å². The minimum atomic E-state index is 0.0251. The Kier molecular flexibility index (Phi) is 2.48. The summed E-state index contributed by atoms with van der Waals surface area (Å²) in [5.41, 5.74) is 3.26. The minimum absolute atomic E-state index is 0.0251. The largest absolute Gasteiger partial charge is 0.288 e. The molecular formula is C15H24N2O. The van der Waals surface area contributed by atoms with Crippen LogP contribution in [0.1, 0.15) is 51.4 Å². The van der Waals surface area contributed by atoms with E-state index in [4.69, 9.17) is 0 Å². The zero-order chi connectivity index (χ0) is 12.2. The van der Waals surface area contributed by atoms with Gasteiger partial charge in [-0.25, -0.2) is 5.01 Å². The van der Waals surface area contributed by atoms with E-state index < -0.39 is 0 Å². The lowest BCUT2D eigenvalue weighted by Crippen LogP contribution is -2.56. The van der Waals surface area contributed by atoms with Crippen LogP contribution in [0.4, 0.5) is 0 Å². The van der Waals surface area contributed by atoms with Crippen molar-refractivity contribution in [1.82, 2.24) is 10.4 Å². The number of amides is 1. The number of nitrogens with zero attached hydrogens (tertiary/aromatic N) is 1. The maximum atomic E-state index is 12.7. The molecule has 0 spiro atoms. The summed E-state index contributed by atoms with van der Waals surface area (Å²) in [6.07, 6.45) is 10.3. The van der Waals surface area contributed by atoms with Gasteiger partial charge < -0.3 is 0 Å². The van der Waals surface area contributed by atoms with Crippen LogP contribution in [-0.4, -0.2) is 24.0 Å². The van der Waals surface area contributed by atoms with E-state index in [0.29, 0.717) is 5.91 Å². The highest BCUT2D eigenvalue weighted by molar-refractivity contribution is 5.82. The summed E-state index contributed by atoms with van der Waals surface area (Å²) in [6, 6.07) is 0. The first-order valence-corrected chi connectivity index (χ1v) is 7.80. The average Bonchev–Trinajstić information content (AvgIpc) is 2.79. The number of rotatable bonds is 2. The van der Waals surface area contributed by atoms with Gasteiger partial charge in [-0.15, -0.1) is 0 Å². The fourth-order valence-electron chi connectivity index (χ4n) is 5.48. The van der Waals surface area contributed by atoms with Crippen LogP contribution in [0.15, 0.2) is 0 Å². The molecule has 0 unspecified atom stereocenters. The zero-order valence-corrected chi connectivity index (χ0v) is 11.2. The monoisotopic (exact) mass is 248 g/mol. The highest BCUT2D eigenvalue weighted by atomic mass is 16.2. The molecular weight excluding hydrogens is 224 g/mol. The molecule has 4 saturated carbocycles. The summed E-state index contributed by atoms with van der Waals surface area (Å²) in [7, 11) is 0. The first-order valence-electron chi connectivity index (χ1n) is 7.80. The summed E-state index contributed by atoms with van der Waals surface area (Å²) in [4.78, 5) is 12.7. The number of hydrogen-bond acceptors (Lipinski definition) is 2. The summed E-state index contributed by atoms with van der Waals surface area (Å²) in [6.45, 7) is 2.11. The Morgan fingerprint density at radius 1 is 0.944 bits per heavy atom. The number of nitrogens with one attached hydrogen (secondary N) is 1. The third kappa shape index (κ3) is 1.70. The molecule has 1 N–H and O–H groups in total. The molecule has 0 aromatic carbocycles. The van der Waals surface area contributed by atoms with Crippen molar-refractivity contribution < 1.29 is 4.79 Å². The molecule has 5 aliphatic rings. The van der Waals surface area contributed by atoms with E-state index in [-0.39, 0.29) is 5.41 Å². The number of carbonyl (C=O) groups is 1. The first kappa shape index (κ1) is 11.3. The predicted molar refractivity (Wildman–Crippen MR) is 69.6 cm³/mol. The standard InChI is InChI=1S/C15H24N2O/c18-14(16-17-3-1-2-4-17)15-8-11-5-12(9-15)7-13(6-11)10-15/h11-13H,1-10H2,(H,16,18). The molecule has 0 atom stereocenters. The maximum absolute atomic E-state index is 12.7. The summed E-state index contributed by atoms with van der Waals surface area (Å²) >= 11 is 0. The Hall–Kier alpha value is -0.570. The van der Waals surface area contributed by atoms with Gasteiger partial charge >= 0.3 is 0 Å². The third-order valence-corrected chi connectivity index (χ3v) is 5.89. The van der Waals surface area contributed by atoms with Crippen molar-refractivity contribution in [3.05, 3.63) is 0 Å². The lowest BCUT2D eigenvalue weighted by atomic mass is 9.49. The Bertz CT molecular complexity index is 324. The van der Waals surface area contributed by atoms with Crippen molar-refractivity contribution in [3.8, 4) is 0 Å². The minimum Gasteiger partial charge on any atom is -0.288 e. The van der Waals surface area contributed by atoms with Crippen LogP contribution in [-0.2, 0) is 4.79 Å². The van der Waals surface area contributed by atoms with Crippen LogP contribution in [0.5, 0.6) is 0 Å². The fourth-order valence-corrected chi connectivity index (χ4v) is 5.48. The van der Waals surface area contributed by atoms with Crippen molar-refractivity contribution in [2.24, 2.45) is 23.2 Å². The van der Waals surface area contributed by atoms with E-state index in [2.05, 4.69) is 10.4 Å². The highest BCUT2D eigenvalue weighted by Gasteiger charge is 2.54.